The molecule has 2 unspecified atom stereocenters. The van der Waals surface area contributed by atoms with E-state index in [1.54, 1.807) is 0 Å². The molecule has 0 aromatic heterocycles. The van der Waals surface area contributed by atoms with Crippen molar-refractivity contribution in [2.24, 2.45) is 0 Å². The molecule has 2 N–H and O–H groups in total. The SMILES string of the molecule is CC(O)CN(CC(C)O)S(C)(=O)=O. The van der Waals surface area contributed by atoms with Crippen LogP contribution >= 0.6 is 0 Å². The molecule has 0 aliphatic rings. The molecule has 5 nitrogen and oxygen atoms in total. The van der Waals surface area contributed by atoms with E-state index in [0.717, 1.165) is 10.6 Å². The van der Waals surface area contributed by atoms with Crippen molar-refractivity contribution >= 4 is 10.0 Å². The third-order valence-corrected chi connectivity index (χ3v) is 2.64. The molecule has 0 amide bonds. The molecule has 0 spiro atoms. The lowest BCUT2D eigenvalue weighted by Gasteiger charge is -2.22. The Labute approximate surface area is 79.0 Å². The number of aliphatic hydroxyl groups excluding tert-OH is 2. The number of hydrogen-bond donors (Lipinski definition) is 2. The first-order valence-corrected chi connectivity index (χ1v) is 5.89. The first-order chi connectivity index (χ1) is 5.73. The van der Waals surface area contributed by atoms with Crippen LogP contribution in [-0.4, -0.2) is 54.5 Å². The lowest BCUT2D eigenvalue weighted by atomic mass is 10.3. The Balaban J connectivity index is 4.39. The van der Waals surface area contributed by atoms with E-state index in [0.29, 0.717) is 0 Å². The second-order valence-corrected chi connectivity index (χ2v) is 5.26. The van der Waals surface area contributed by atoms with Crippen LogP contribution in [0.5, 0.6) is 0 Å². The van der Waals surface area contributed by atoms with Crippen molar-refractivity contribution in [1.82, 2.24) is 4.31 Å². The minimum Gasteiger partial charge on any atom is -0.392 e. The van der Waals surface area contributed by atoms with Crippen LogP contribution < -0.4 is 0 Å². The van der Waals surface area contributed by atoms with Gasteiger partial charge in [0.2, 0.25) is 10.0 Å². The van der Waals surface area contributed by atoms with Crippen LogP contribution in [0.3, 0.4) is 0 Å². The number of aliphatic hydroxyl groups is 2. The summed E-state index contributed by atoms with van der Waals surface area (Å²) in [6.07, 6.45) is -0.403. The summed E-state index contributed by atoms with van der Waals surface area (Å²) in [6, 6.07) is 0. The lowest BCUT2D eigenvalue weighted by molar-refractivity contribution is 0.125. The predicted octanol–water partition coefficient (Wildman–Crippen LogP) is -0.990. The van der Waals surface area contributed by atoms with E-state index >= 15 is 0 Å². The number of rotatable bonds is 5. The molecule has 0 bridgehead atoms. The van der Waals surface area contributed by atoms with Crippen LogP contribution in [0.2, 0.25) is 0 Å². The molecule has 2 atom stereocenters. The molecule has 80 valence electrons. The molecular weight excluding hydrogens is 194 g/mol. The molecule has 0 radical (unpaired) electrons. The second-order valence-electron chi connectivity index (χ2n) is 3.28. The van der Waals surface area contributed by atoms with Gasteiger partial charge < -0.3 is 10.2 Å². The Morgan fingerprint density at radius 3 is 1.62 bits per heavy atom. The molecule has 0 saturated heterocycles. The average molecular weight is 211 g/mol. The van der Waals surface area contributed by atoms with E-state index in [1.807, 2.05) is 0 Å². The fourth-order valence-corrected chi connectivity index (χ4v) is 1.91. The summed E-state index contributed by atoms with van der Waals surface area (Å²) in [6.45, 7) is 3.04. The normalized spacial score (nSPS) is 17.4. The maximum atomic E-state index is 11.1. The molecule has 0 aromatic rings. The molecule has 0 heterocycles. The van der Waals surface area contributed by atoms with E-state index < -0.39 is 22.2 Å². The molecule has 0 rings (SSSR count). The van der Waals surface area contributed by atoms with E-state index in [2.05, 4.69) is 0 Å². The summed E-state index contributed by atoms with van der Waals surface area (Å²) in [5.41, 5.74) is 0. The van der Waals surface area contributed by atoms with Crippen molar-refractivity contribution in [3.63, 3.8) is 0 Å². The first-order valence-electron chi connectivity index (χ1n) is 4.04. The van der Waals surface area contributed by atoms with Crippen molar-refractivity contribution in [3.8, 4) is 0 Å². The van der Waals surface area contributed by atoms with Gasteiger partial charge in [-0.3, -0.25) is 0 Å². The quantitative estimate of drug-likeness (QED) is 0.612. The highest BCUT2D eigenvalue weighted by Crippen LogP contribution is 2.01. The summed E-state index contributed by atoms with van der Waals surface area (Å²) in [5, 5.41) is 18.0. The largest absolute Gasteiger partial charge is 0.392 e. The van der Waals surface area contributed by atoms with Gasteiger partial charge in [-0.1, -0.05) is 0 Å². The Morgan fingerprint density at radius 2 is 1.46 bits per heavy atom. The molecule has 0 aliphatic heterocycles. The predicted molar refractivity (Wildman–Crippen MR) is 49.8 cm³/mol. The zero-order valence-corrected chi connectivity index (χ0v) is 8.95. The maximum absolute atomic E-state index is 11.1. The Bertz CT molecular complexity index is 225. The van der Waals surface area contributed by atoms with Gasteiger partial charge in [0.05, 0.1) is 18.5 Å². The van der Waals surface area contributed by atoms with E-state index in [9.17, 15) is 8.42 Å². The molecule has 0 saturated carbocycles. The zero-order valence-electron chi connectivity index (χ0n) is 8.14. The smallest absolute Gasteiger partial charge is 0.211 e. The third-order valence-electron chi connectivity index (χ3n) is 1.40. The van der Waals surface area contributed by atoms with Crippen LogP contribution in [0, 0.1) is 0 Å². The van der Waals surface area contributed by atoms with Gasteiger partial charge in [0.1, 0.15) is 0 Å². The summed E-state index contributed by atoms with van der Waals surface area (Å²) >= 11 is 0. The van der Waals surface area contributed by atoms with Gasteiger partial charge in [-0.2, -0.15) is 4.31 Å². The highest BCUT2D eigenvalue weighted by Gasteiger charge is 2.19. The van der Waals surface area contributed by atoms with Crippen molar-refractivity contribution < 1.29 is 18.6 Å². The summed E-state index contributed by atoms with van der Waals surface area (Å²) < 4.78 is 23.3. The van der Waals surface area contributed by atoms with Gasteiger partial charge in [-0.15, -0.1) is 0 Å². The van der Waals surface area contributed by atoms with E-state index in [4.69, 9.17) is 10.2 Å². The molecular formula is C7H17NO4S. The van der Waals surface area contributed by atoms with Crippen LogP contribution in [-0.2, 0) is 10.0 Å². The van der Waals surface area contributed by atoms with Gasteiger partial charge in [-0.05, 0) is 13.8 Å². The Kier molecular flexibility index (Phi) is 4.83. The average Bonchev–Trinajstić information content (AvgIpc) is 1.81. The van der Waals surface area contributed by atoms with Gasteiger partial charge >= 0.3 is 0 Å². The van der Waals surface area contributed by atoms with Crippen molar-refractivity contribution in [2.75, 3.05) is 19.3 Å². The van der Waals surface area contributed by atoms with Crippen molar-refractivity contribution in [3.05, 3.63) is 0 Å². The topological polar surface area (TPSA) is 77.8 Å². The minimum absolute atomic E-state index is 0.0176. The van der Waals surface area contributed by atoms with Gasteiger partial charge in [-0.25, -0.2) is 8.42 Å². The Morgan fingerprint density at radius 1 is 1.15 bits per heavy atom. The molecule has 0 fully saturated rings. The van der Waals surface area contributed by atoms with Crippen molar-refractivity contribution in [2.45, 2.75) is 26.1 Å². The highest BCUT2D eigenvalue weighted by molar-refractivity contribution is 7.88. The van der Waals surface area contributed by atoms with E-state index in [1.165, 1.54) is 13.8 Å². The van der Waals surface area contributed by atoms with Gasteiger partial charge in [0, 0.05) is 13.1 Å². The van der Waals surface area contributed by atoms with Gasteiger partial charge in [0.25, 0.3) is 0 Å². The fraction of sp³-hybridized carbons (Fsp3) is 1.00. The van der Waals surface area contributed by atoms with Crippen LogP contribution in [0.1, 0.15) is 13.8 Å². The molecule has 0 aromatic carbocycles. The fourth-order valence-electron chi connectivity index (χ4n) is 0.935. The highest BCUT2D eigenvalue weighted by atomic mass is 32.2. The number of nitrogens with zero attached hydrogens (tertiary/aromatic N) is 1. The van der Waals surface area contributed by atoms with Crippen LogP contribution in [0.4, 0.5) is 0 Å². The van der Waals surface area contributed by atoms with Crippen molar-refractivity contribution in [1.29, 1.82) is 0 Å². The molecule has 0 aliphatic carbocycles. The maximum Gasteiger partial charge on any atom is 0.211 e. The number of sulfonamides is 1. The third kappa shape index (κ3) is 5.98. The zero-order chi connectivity index (χ0) is 10.6. The first kappa shape index (κ1) is 12.8. The monoisotopic (exact) mass is 211 g/mol. The van der Waals surface area contributed by atoms with Gasteiger partial charge in [0.15, 0.2) is 0 Å². The lowest BCUT2D eigenvalue weighted by Crippen LogP contribution is -2.40. The van der Waals surface area contributed by atoms with E-state index in [-0.39, 0.29) is 13.1 Å². The summed E-state index contributed by atoms with van der Waals surface area (Å²) in [7, 11) is -3.34. The van der Waals surface area contributed by atoms with Crippen LogP contribution in [0.25, 0.3) is 0 Å². The van der Waals surface area contributed by atoms with Crippen LogP contribution in [0.15, 0.2) is 0 Å². The standard InChI is InChI=1S/C7H17NO4S/c1-6(9)4-8(5-7(2)10)13(3,11)12/h6-7,9-10H,4-5H2,1-3H3. The summed E-state index contributed by atoms with van der Waals surface area (Å²) in [5.74, 6) is 0. The second kappa shape index (κ2) is 4.90. The number of hydrogen-bond acceptors (Lipinski definition) is 4. The minimum atomic E-state index is -3.34. The molecule has 13 heavy (non-hydrogen) atoms. The summed E-state index contributed by atoms with van der Waals surface area (Å²) in [4.78, 5) is 0. The molecule has 6 heteroatoms. The Hall–Kier alpha value is -0.170.